The minimum atomic E-state index is 0.823. The van der Waals surface area contributed by atoms with Gasteiger partial charge in [-0.3, -0.25) is 0 Å². The summed E-state index contributed by atoms with van der Waals surface area (Å²) in [7, 11) is 0. The van der Waals surface area contributed by atoms with Gasteiger partial charge in [0.25, 0.3) is 0 Å². The van der Waals surface area contributed by atoms with Crippen LogP contribution in [0.25, 0.3) is 0 Å². The van der Waals surface area contributed by atoms with Crippen molar-refractivity contribution in [2.24, 2.45) is 11.8 Å². The molecule has 0 aromatic heterocycles. The van der Waals surface area contributed by atoms with E-state index in [1.807, 2.05) is 0 Å². The van der Waals surface area contributed by atoms with E-state index in [1.54, 1.807) is 0 Å². The van der Waals surface area contributed by atoms with Crippen LogP contribution in [-0.4, -0.2) is 36.6 Å². The van der Waals surface area contributed by atoms with Crippen LogP contribution in [0.5, 0.6) is 0 Å². The van der Waals surface area contributed by atoms with Gasteiger partial charge in [0.15, 0.2) is 0 Å². The largest absolute Gasteiger partial charge is 0.308 e. The second-order valence-corrected chi connectivity index (χ2v) is 5.06. The van der Waals surface area contributed by atoms with Gasteiger partial charge >= 0.3 is 0 Å². The van der Waals surface area contributed by atoms with E-state index in [-0.39, 0.29) is 0 Å². The molecule has 2 aliphatic carbocycles. The molecule has 1 saturated heterocycles. The number of hydrogen-bond acceptors (Lipinski definition) is 2. The Labute approximate surface area is 80.7 Å². The number of rotatable bonds is 3. The molecule has 2 nitrogen and oxygen atoms in total. The topological polar surface area (TPSA) is 15.3 Å². The van der Waals surface area contributed by atoms with Gasteiger partial charge in [0.05, 0.1) is 0 Å². The molecule has 74 valence electrons. The minimum absolute atomic E-state index is 0.823. The molecule has 3 atom stereocenters. The third-order valence-electron chi connectivity index (χ3n) is 4.20. The summed E-state index contributed by atoms with van der Waals surface area (Å²) in [6.45, 7) is 6.08. The van der Waals surface area contributed by atoms with Crippen LogP contribution in [0.15, 0.2) is 0 Å². The monoisotopic (exact) mass is 180 g/mol. The van der Waals surface area contributed by atoms with Crippen LogP contribution in [0.2, 0.25) is 0 Å². The van der Waals surface area contributed by atoms with Gasteiger partial charge in [-0.25, -0.2) is 0 Å². The van der Waals surface area contributed by atoms with E-state index in [2.05, 4.69) is 17.1 Å². The van der Waals surface area contributed by atoms with Crippen molar-refractivity contribution in [3.8, 4) is 0 Å². The number of nitrogens with zero attached hydrogens (tertiary/aromatic N) is 1. The fraction of sp³-hybridized carbons (Fsp3) is 1.00. The third-order valence-corrected chi connectivity index (χ3v) is 4.20. The lowest BCUT2D eigenvalue weighted by atomic mass is 10.1. The van der Waals surface area contributed by atoms with Gasteiger partial charge in [0.2, 0.25) is 0 Å². The highest BCUT2D eigenvalue weighted by Gasteiger charge is 2.48. The molecule has 2 saturated carbocycles. The SMILES string of the molecule is CCN1CC(NC2CCC3CC32)C1. The Morgan fingerprint density at radius 2 is 2.15 bits per heavy atom. The number of nitrogens with one attached hydrogen (secondary N) is 1. The fourth-order valence-electron chi connectivity index (χ4n) is 3.15. The molecule has 0 amide bonds. The Morgan fingerprint density at radius 1 is 1.31 bits per heavy atom. The van der Waals surface area contributed by atoms with Gasteiger partial charge in [0, 0.05) is 25.2 Å². The van der Waals surface area contributed by atoms with Crippen molar-refractivity contribution < 1.29 is 0 Å². The van der Waals surface area contributed by atoms with Crippen LogP contribution in [0.3, 0.4) is 0 Å². The zero-order valence-electron chi connectivity index (χ0n) is 8.50. The molecule has 3 rings (SSSR count). The molecular formula is C11H20N2. The van der Waals surface area contributed by atoms with E-state index >= 15 is 0 Å². The van der Waals surface area contributed by atoms with Crippen LogP contribution in [0.4, 0.5) is 0 Å². The Balaban J connectivity index is 1.44. The maximum absolute atomic E-state index is 3.83. The average Bonchev–Trinajstić information content (AvgIpc) is 2.74. The molecule has 2 heteroatoms. The van der Waals surface area contributed by atoms with Crippen LogP contribution in [0, 0.1) is 11.8 Å². The van der Waals surface area contributed by atoms with Crippen molar-refractivity contribution in [3.63, 3.8) is 0 Å². The van der Waals surface area contributed by atoms with Gasteiger partial charge in [-0.2, -0.15) is 0 Å². The molecule has 1 N–H and O–H groups in total. The molecule has 1 heterocycles. The van der Waals surface area contributed by atoms with E-state index in [4.69, 9.17) is 0 Å². The first-order valence-corrected chi connectivity index (χ1v) is 5.85. The molecule has 3 unspecified atom stereocenters. The predicted octanol–water partition coefficient (Wildman–Crippen LogP) is 1.08. The van der Waals surface area contributed by atoms with Gasteiger partial charge in [-0.15, -0.1) is 0 Å². The number of likely N-dealkylation sites (N-methyl/N-ethyl adjacent to an activating group) is 1. The summed E-state index contributed by atoms with van der Waals surface area (Å²) in [5.74, 6) is 2.20. The maximum atomic E-state index is 3.83. The van der Waals surface area contributed by atoms with Gasteiger partial charge in [-0.1, -0.05) is 6.92 Å². The van der Waals surface area contributed by atoms with Crippen molar-refractivity contribution in [2.45, 2.75) is 38.3 Å². The second-order valence-electron chi connectivity index (χ2n) is 5.06. The molecule has 0 radical (unpaired) electrons. The molecule has 0 aromatic carbocycles. The summed E-state index contributed by atoms with van der Waals surface area (Å²) in [6.07, 6.45) is 4.49. The van der Waals surface area contributed by atoms with Crippen LogP contribution in [0.1, 0.15) is 26.2 Å². The average molecular weight is 180 g/mol. The Kier molecular flexibility index (Phi) is 1.88. The Morgan fingerprint density at radius 3 is 2.69 bits per heavy atom. The minimum Gasteiger partial charge on any atom is -0.308 e. The smallest absolute Gasteiger partial charge is 0.0325 e. The quantitative estimate of drug-likeness (QED) is 0.699. The standard InChI is InChI=1S/C11H20N2/c1-2-13-6-9(7-13)12-11-4-3-8-5-10(8)11/h8-12H,2-7H2,1H3. The number of fused-ring (bicyclic) bond motifs is 1. The summed E-state index contributed by atoms with van der Waals surface area (Å²) in [4.78, 5) is 2.51. The number of hydrogen-bond donors (Lipinski definition) is 1. The van der Waals surface area contributed by atoms with Crippen molar-refractivity contribution >= 4 is 0 Å². The van der Waals surface area contributed by atoms with E-state index < -0.39 is 0 Å². The molecule has 3 fully saturated rings. The lowest BCUT2D eigenvalue weighted by Crippen LogP contribution is -2.59. The van der Waals surface area contributed by atoms with Crippen molar-refractivity contribution in [1.82, 2.24) is 10.2 Å². The number of likely N-dealkylation sites (tertiary alicyclic amines) is 1. The Bertz CT molecular complexity index is 198. The van der Waals surface area contributed by atoms with Crippen LogP contribution < -0.4 is 5.32 Å². The molecule has 0 spiro atoms. The summed E-state index contributed by atoms with van der Waals surface area (Å²) < 4.78 is 0. The van der Waals surface area contributed by atoms with E-state index in [9.17, 15) is 0 Å². The highest BCUT2D eigenvalue weighted by atomic mass is 15.2. The van der Waals surface area contributed by atoms with Crippen molar-refractivity contribution in [2.75, 3.05) is 19.6 Å². The Hall–Kier alpha value is -0.0800. The van der Waals surface area contributed by atoms with Crippen molar-refractivity contribution in [1.29, 1.82) is 0 Å². The highest BCUT2D eigenvalue weighted by Crippen LogP contribution is 2.51. The van der Waals surface area contributed by atoms with E-state index in [0.29, 0.717) is 0 Å². The van der Waals surface area contributed by atoms with Crippen LogP contribution in [-0.2, 0) is 0 Å². The summed E-state index contributed by atoms with van der Waals surface area (Å²) in [5.41, 5.74) is 0. The lowest BCUT2D eigenvalue weighted by molar-refractivity contribution is 0.122. The van der Waals surface area contributed by atoms with Crippen molar-refractivity contribution in [3.05, 3.63) is 0 Å². The summed E-state index contributed by atoms with van der Waals surface area (Å²) in [6, 6.07) is 1.72. The first-order chi connectivity index (χ1) is 6.36. The maximum Gasteiger partial charge on any atom is 0.0325 e. The summed E-state index contributed by atoms with van der Waals surface area (Å²) >= 11 is 0. The first-order valence-electron chi connectivity index (χ1n) is 5.85. The molecule has 13 heavy (non-hydrogen) atoms. The second kappa shape index (κ2) is 2.96. The van der Waals surface area contributed by atoms with Gasteiger partial charge in [-0.05, 0) is 37.6 Å². The van der Waals surface area contributed by atoms with Gasteiger partial charge in [0.1, 0.15) is 0 Å². The zero-order chi connectivity index (χ0) is 8.84. The molecule has 0 bridgehead atoms. The molecule has 0 aromatic rings. The van der Waals surface area contributed by atoms with E-state index in [1.165, 1.54) is 38.9 Å². The lowest BCUT2D eigenvalue weighted by Gasteiger charge is -2.40. The first kappa shape index (κ1) is 8.25. The predicted molar refractivity (Wildman–Crippen MR) is 53.7 cm³/mol. The summed E-state index contributed by atoms with van der Waals surface area (Å²) in [5, 5.41) is 3.83. The molecular weight excluding hydrogens is 160 g/mol. The third kappa shape index (κ3) is 1.40. The van der Waals surface area contributed by atoms with E-state index in [0.717, 1.165) is 23.9 Å². The molecule has 1 aliphatic heterocycles. The fourth-order valence-corrected chi connectivity index (χ4v) is 3.15. The molecule has 3 aliphatic rings. The van der Waals surface area contributed by atoms with Crippen LogP contribution >= 0.6 is 0 Å². The van der Waals surface area contributed by atoms with Gasteiger partial charge < -0.3 is 10.2 Å². The highest BCUT2D eigenvalue weighted by molar-refractivity contribution is 5.03. The zero-order valence-corrected chi connectivity index (χ0v) is 8.50. The normalized spacial score (nSPS) is 44.5.